The molecule has 4 nitrogen and oxygen atoms in total. The number of pyridine rings is 1. The number of hydrogen-bond acceptors (Lipinski definition) is 4. The summed E-state index contributed by atoms with van der Waals surface area (Å²) in [5, 5.41) is 0. The van der Waals surface area contributed by atoms with Crippen molar-refractivity contribution in [3.8, 4) is 0 Å². The average molecular weight is 268 g/mol. The monoisotopic (exact) mass is 268 g/mol. The fraction of sp³-hybridized carbons (Fsp3) is 0.462. The maximum Gasteiger partial charge on any atom is 0.278 e. The Morgan fingerprint density at radius 2 is 2.00 bits per heavy atom. The van der Waals surface area contributed by atoms with Crippen LogP contribution in [0.3, 0.4) is 0 Å². The van der Waals surface area contributed by atoms with E-state index in [1.54, 1.807) is 6.07 Å². The van der Waals surface area contributed by atoms with Gasteiger partial charge in [-0.05, 0) is 32.9 Å². The Hall–Kier alpha value is -1.69. The van der Waals surface area contributed by atoms with E-state index < -0.39 is 18.1 Å². The second-order valence-electron chi connectivity index (χ2n) is 5.59. The third kappa shape index (κ3) is 2.40. The minimum atomic E-state index is -2.59. The van der Waals surface area contributed by atoms with E-state index in [1.807, 2.05) is 20.8 Å². The van der Waals surface area contributed by atoms with Crippen LogP contribution in [0.2, 0.25) is 0 Å². The first kappa shape index (κ1) is 13.7. The molecule has 104 valence electrons. The van der Waals surface area contributed by atoms with Gasteiger partial charge in [-0.1, -0.05) is 0 Å². The fourth-order valence-corrected chi connectivity index (χ4v) is 2.38. The molecule has 2 rings (SSSR count). The number of nitrogens with zero attached hydrogens (tertiary/aromatic N) is 2. The Morgan fingerprint density at radius 1 is 1.37 bits per heavy atom. The summed E-state index contributed by atoms with van der Waals surface area (Å²) >= 11 is 0. The summed E-state index contributed by atoms with van der Waals surface area (Å²) in [7, 11) is 0. The molecule has 1 atom stereocenters. The van der Waals surface area contributed by atoms with Crippen molar-refractivity contribution in [1.82, 2.24) is 9.88 Å². The molecule has 1 aromatic heterocycles. The summed E-state index contributed by atoms with van der Waals surface area (Å²) in [4.78, 5) is 5.45. The van der Waals surface area contributed by atoms with Gasteiger partial charge in [0.15, 0.2) is 0 Å². The van der Waals surface area contributed by atoms with Gasteiger partial charge in [0.05, 0.1) is 5.70 Å². The van der Waals surface area contributed by atoms with Crippen molar-refractivity contribution in [2.45, 2.75) is 38.9 Å². The SMILES string of the molecule is CC(C)(C)N1C(C(F)F)=Cc2cnc(N)cc2C1N. The van der Waals surface area contributed by atoms with Crippen molar-refractivity contribution in [3.05, 3.63) is 29.1 Å². The molecule has 0 bridgehead atoms. The number of aromatic nitrogens is 1. The van der Waals surface area contributed by atoms with Crippen molar-refractivity contribution in [2.24, 2.45) is 5.73 Å². The van der Waals surface area contributed by atoms with Crippen LogP contribution in [0.15, 0.2) is 18.0 Å². The van der Waals surface area contributed by atoms with Gasteiger partial charge in [-0.15, -0.1) is 0 Å². The van der Waals surface area contributed by atoms with Crippen LogP contribution in [-0.2, 0) is 0 Å². The number of fused-ring (bicyclic) bond motifs is 1. The van der Waals surface area contributed by atoms with Crippen LogP contribution in [0.5, 0.6) is 0 Å². The number of alkyl halides is 2. The first-order valence-corrected chi connectivity index (χ1v) is 6.02. The standard InChI is InChI=1S/C13H18F2N4/c1-13(2,3)19-9(11(14)15)4-7-6-18-10(16)5-8(7)12(19)17/h4-6,11-12H,17H2,1-3H3,(H2,16,18). The molecule has 1 aliphatic heterocycles. The molecule has 1 aliphatic rings. The normalized spacial score (nSPS) is 19.4. The third-order valence-electron chi connectivity index (χ3n) is 3.11. The fourth-order valence-electron chi connectivity index (χ4n) is 2.38. The summed E-state index contributed by atoms with van der Waals surface area (Å²) in [6, 6.07) is 1.64. The smallest absolute Gasteiger partial charge is 0.278 e. The van der Waals surface area contributed by atoms with E-state index in [0.29, 0.717) is 16.9 Å². The predicted octanol–water partition coefficient (Wildman–Crippen LogP) is 2.34. The highest BCUT2D eigenvalue weighted by Gasteiger charge is 2.37. The highest BCUT2D eigenvalue weighted by atomic mass is 19.3. The number of anilines is 1. The highest BCUT2D eigenvalue weighted by Crippen LogP contribution is 2.38. The maximum atomic E-state index is 13.2. The lowest BCUT2D eigenvalue weighted by molar-refractivity contribution is 0.0623. The largest absolute Gasteiger partial charge is 0.384 e. The third-order valence-corrected chi connectivity index (χ3v) is 3.11. The first-order valence-electron chi connectivity index (χ1n) is 6.02. The summed E-state index contributed by atoms with van der Waals surface area (Å²) in [5.74, 6) is 0.331. The van der Waals surface area contributed by atoms with E-state index in [1.165, 1.54) is 17.2 Å². The number of nitrogen functional groups attached to an aromatic ring is 1. The van der Waals surface area contributed by atoms with Crippen molar-refractivity contribution >= 4 is 11.9 Å². The molecule has 6 heteroatoms. The average Bonchev–Trinajstić information content (AvgIpc) is 2.27. The van der Waals surface area contributed by atoms with Crippen LogP contribution in [0.25, 0.3) is 6.08 Å². The molecule has 0 spiro atoms. The van der Waals surface area contributed by atoms with Gasteiger partial charge in [-0.3, -0.25) is 0 Å². The Balaban J connectivity index is 2.60. The van der Waals surface area contributed by atoms with E-state index >= 15 is 0 Å². The first-order chi connectivity index (χ1) is 8.71. The number of hydrogen-bond donors (Lipinski definition) is 2. The molecule has 0 aliphatic carbocycles. The van der Waals surface area contributed by atoms with Crippen LogP contribution >= 0.6 is 0 Å². The van der Waals surface area contributed by atoms with E-state index in [-0.39, 0.29) is 5.70 Å². The summed E-state index contributed by atoms with van der Waals surface area (Å²) in [5.41, 5.74) is 12.5. The van der Waals surface area contributed by atoms with Gasteiger partial charge in [0.1, 0.15) is 12.0 Å². The number of rotatable bonds is 1. The molecule has 4 N–H and O–H groups in total. The molecule has 0 fully saturated rings. The molecule has 1 aromatic rings. The quantitative estimate of drug-likeness (QED) is 0.820. The van der Waals surface area contributed by atoms with Gasteiger partial charge in [-0.25, -0.2) is 13.8 Å². The van der Waals surface area contributed by atoms with E-state index in [0.717, 1.165) is 0 Å². The zero-order valence-corrected chi connectivity index (χ0v) is 11.2. The van der Waals surface area contributed by atoms with Crippen molar-refractivity contribution in [1.29, 1.82) is 0 Å². The molecule has 2 heterocycles. The number of nitrogens with two attached hydrogens (primary N) is 2. The summed E-state index contributed by atoms with van der Waals surface area (Å²) in [6.07, 6.45) is -0.334. The lowest BCUT2D eigenvalue weighted by Gasteiger charge is -2.45. The number of allylic oxidation sites excluding steroid dienone is 1. The molecule has 1 unspecified atom stereocenters. The molecule has 0 aromatic carbocycles. The molecule has 0 amide bonds. The van der Waals surface area contributed by atoms with E-state index in [2.05, 4.69) is 4.98 Å². The van der Waals surface area contributed by atoms with E-state index in [9.17, 15) is 8.78 Å². The van der Waals surface area contributed by atoms with Gasteiger partial charge in [-0.2, -0.15) is 0 Å². The lowest BCUT2D eigenvalue weighted by Crippen LogP contribution is -2.49. The van der Waals surface area contributed by atoms with Crippen LogP contribution in [0.1, 0.15) is 38.1 Å². The van der Waals surface area contributed by atoms with Gasteiger partial charge in [0.25, 0.3) is 6.43 Å². The minimum Gasteiger partial charge on any atom is -0.384 e. The van der Waals surface area contributed by atoms with Crippen LogP contribution in [-0.4, -0.2) is 21.8 Å². The van der Waals surface area contributed by atoms with Crippen molar-refractivity contribution in [3.63, 3.8) is 0 Å². The van der Waals surface area contributed by atoms with Gasteiger partial charge in [0, 0.05) is 22.9 Å². The maximum absolute atomic E-state index is 13.2. The zero-order chi connectivity index (χ0) is 14.4. The molecular formula is C13H18F2N4. The second-order valence-corrected chi connectivity index (χ2v) is 5.59. The lowest BCUT2D eigenvalue weighted by atomic mass is 9.94. The Kier molecular flexibility index (Phi) is 3.22. The summed E-state index contributed by atoms with van der Waals surface area (Å²) in [6.45, 7) is 5.54. The molecular weight excluding hydrogens is 250 g/mol. The Labute approximate surface area is 111 Å². The van der Waals surface area contributed by atoms with Crippen molar-refractivity contribution in [2.75, 3.05) is 5.73 Å². The number of halogens is 2. The molecule has 0 radical (unpaired) electrons. The minimum absolute atomic E-state index is 0.0842. The molecule has 0 saturated carbocycles. The van der Waals surface area contributed by atoms with Crippen LogP contribution < -0.4 is 11.5 Å². The van der Waals surface area contributed by atoms with Gasteiger partial charge < -0.3 is 16.4 Å². The van der Waals surface area contributed by atoms with Gasteiger partial charge >= 0.3 is 0 Å². The zero-order valence-electron chi connectivity index (χ0n) is 11.2. The topological polar surface area (TPSA) is 68.2 Å². The highest BCUT2D eigenvalue weighted by molar-refractivity contribution is 5.61. The van der Waals surface area contributed by atoms with E-state index in [4.69, 9.17) is 11.5 Å². The predicted molar refractivity (Wildman–Crippen MR) is 71.2 cm³/mol. The Morgan fingerprint density at radius 3 is 2.53 bits per heavy atom. The summed E-state index contributed by atoms with van der Waals surface area (Å²) < 4.78 is 26.5. The second kappa shape index (κ2) is 4.45. The molecule has 19 heavy (non-hydrogen) atoms. The van der Waals surface area contributed by atoms with Crippen LogP contribution in [0, 0.1) is 0 Å². The van der Waals surface area contributed by atoms with Crippen LogP contribution in [0.4, 0.5) is 14.6 Å². The van der Waals surface area contributed by atoms with Crippen molar-refractivity contribution < 1.29 is 8.78 Å². The molecule has 0 saturated heterocycles. The Bertz CT molecular complexity index is 520. The van der Waals surface area contributed by atoms with Gasteiger partial charge in [0.2, 0.25) is 0 Å².